The van der Waals surface area contributed by atoms with Crippen LogP contribution in [0.2, 0.25) is 0 Å². The third-order valence-corrected chi connectivity index (χ3v) is 7.14. The van der Waals surface area contributed by atoms with Gasteiger partial charge < -0.3 is 34.8 Å². The van der Waals surface area contributed by atoms with Gasteiger partial charge in [-0.3, -0.25) is 4.79 Å². The Labute approximate surface area is 220 Å². The highest BCUT2D eigenvalue weighted by Gasteiger charge is 2.55. The van der Waals surface area contributed by atoms with Crippen molar-refractivity contribution < 1.29 is 38.4 Å². The smallest absolute Gasteiger partial charge is 0.462 e. The zero-order valence-corrected chi connectivity index (χ0v) is 22.3. The van der Waals surface area contributed by atoms with Crippen molar-refractivity contribution in [2.75, 3.05) is 12.3 Å². The van der Waals surface area contributed by atoms with E-state index in [1.165, 1.54) is 24.7 Å². The fourth-order valence-corrected chi connectivity index (χ4v) is 4.94. The molecule has 1 aromatic carbocycles. The summed E-state index contributed by atoms with van der Waals surface area (Å²) in [5.41, 5.74) is 4.55. The van der Waals surface area contributed by atoms with Crippen LogP contribution in [0.15, 0.2) is 48.9 Å². The molecule has 38 heavy (non-hydrogen) atoms. The van der Waals surface area contributed by atoms with Crippen molar-refractivity contribution in [2.24, 2.45) is 0 Å². The second kappa shape index (κ2) is 11.3. The van der Waals surface area contributed by atoms with Crippen LogP contribution in [0.3, 0.4) is 0 Å². The van der Waals surface area contributed by atoms with Crippen molar-refractivity contribution in [3.63, 3.8) is 0 Å². The fourth-order valence-electron chi connectivity index (χ4n) is 4.02. The second-order valence-corrected chi connectivity index (χ2v) is 10.4. The number of hydrogen-bond donors (Lipinski definition) is 3. The third kappa shape index (κ3) is 5.63. The SMILES string of the molecule is CC(C)OC(=O)C(C)N(Oc1ccccc1)[P+](=O)OC[C@H]1O[C@@H](n2ccc3c(N)ncnc32)[C@](C)(O)[C@@H]1O. The number of nitrogen functional groups attached to an aromatic ring is 1. The van der Waals surface area contributed by atoms with Gasteiger partial charge in [0.25, 0.3) is 0 Å². The largest absolute Gasteiger partial charge is 0.653 e. The van der Waals surface area contributed by atoms with Gasteiger partial charge in [-0.1, -0.05) is 18.2 Å². The zero-order valence-electron chi connectivity index (χ0n) is 21.4. The highest BCUT2D eigenvalue weighted by molar-refractivity contribution is 7.36. The Morgan fingerprint density at radius 3 is 2.66 bits per heavy atom. The number of rotatable bonds is 10. The van der Waals surface area contributed by atoms with Gasteiger partial charge in [0.15, 0.2) is 18.0 Å². The maximum absolute atomic E-state index is 13.2. The number of carbonyl (C=O) groups excluding carboxylic acids is 1. The molecule has 0 saturated carbocycles. The van der Waals surface area contributed by atoms with E-state index in [4.69, 9.17) is 24.6 Å². The first-order chi connectivity index (χ1) is 18.0. The number of ether oxygens (including phenoxy) is 2. The Bertz CT molecular complexity index is 1290. The Morgan fingerprint density at radius 1 is 1.26 bits per heavy atom. The van der Waals surface area contributed by atoms with Crippen molar-refractivity contribution in [3.8, 4) is 5.75 Å². The number of carbonyl (C=O) groups is 1. The summed E-state index contributed by atoms with van der Waals surface area (Å²) in [6.07, 6.45) is -1.06. The van der Waals surface area contributed by atoms with Crippen molar-refractivity contribution >= 4 is 31.0 Å². The van der Waals surface area contributed by atoms with Gasteiger partial charge in [-0.2, -0.15) is 0 Å². The molecule has 6 atom stereocenters. The van der Waals surface area contributed by atoms with Crippen LogP contribution in [0.25, 0.3) is 11.0 Å². The lowest BCUT2D eigenvalue weighted by molar-refractivity contribution is -0.159. The van der Waals surface area contributed by atoms with Crippen LogP contribution >= 0.6 is 8.18 Å². The summed E-state index contributed by atoms with van der Waals surface area (Å²) in [6, 6.07) is 9.04. The molecule has 3 aromatic rings. The van der Waals surface area contributed by atoms with Crippen LogP contribution < -0.4 is 10.6 Å². The number of para-hydroxylation sites is 1. The van der Waals surface area contributed by atoms with E-state index in [1.54, 1.807) is 56.4 Å². The van der Waals surface area contributed by atoms with Gasteiger partial charge >= 0.3 is 14.1 Å². The van der Waals surface area contributed by atoms with Gasteiger partial charge in [0.1, 0.15) is 47.0 Å². The highest BCUT2D eigenvalue weighted by Crippen LogP contribution is 2.42. The zero-order chi connectivity index (χ0) is 27.6. The van der Waals surface area contributed by atoms with Gasteiger partial charge in [-0.25, -0.2) is 9.97 Å². The summed E-state index contributed by atoms with van der Waals surface area (Å²) >= 11 is 0. The van der Waals surface area contributed by atoms with Crippen LogP contribution in [0.1, 0.15) is 33.9 Å². The van der Waals surface area contributed by atoms with Crippen molar-refractivity contribution in [1.29, 1.82) is 0 Å². The molecule has 0 aliphatic carbocycles. The van der Waals surface area contributed by atoms with Gasteiger partial charge in [0, 0.05) is 6.20 Å². The quantitative estimate of drug-likeness (QED) is 0.192. The van der Waals surface area contributed by atoms with Gasteiger partial charge in [0.05, 0.1) is 11.5 Å². The molecule has 0 radical (unpaired) electrons. The molecule has 14 heteroatoms. The number of nitrogens with two attached hydrogens (primary N) is 1. The Kier molecular flexibility index (Phi) is 8.26. The fraction of sp³-hybridized carbons (Fsp3) is 0.458. The number of aromatic nitrogens is 3. The average molecular weight is 549 g/mol. The van der Waals surface area contributed by atoms with Crippen LogP contribution in [0, 0.1) is 0 Å². The first-order valence-corrected chi connectivity index (χ1v) is 13.1. The third-order valence-electron chi connectivity index (χ3n) is 6.02. The molecule has 4 N–H and O–H groups in total. The van der Waals surface area contributed by atoms with Crippen molar-refractivity contribution in [3.05, 3.63) is 48.9 Å². The van der Waals surface area contributed by atoms with Gasteiger partial charge in [-0.15, -0.1) is 4.52 Å². The Hall–Kier alpha value is -3.19. The number of hydroxylamine groups is 1. The summed E-state index contributed by atoms with van der Waals surface area (Å²) in [5, 5.41) is 22.5. The van der Waals surface area contributed by atoms with Gasteiger partial charge in [0.2, 0.25) is 0 Å². The lowest BCUT2D eigenvalue weighted by Crippen LogP contribution is -2.44. The molecule has 1 aliphatic rings. The monoisotopic (exact) mass is 548 g/mol. The topological polar surface area (TPSA) is 171 Å². The van der Waals surface area contributed by atoms with E-state index in [1.807, 2.05) is 0 Å². The molecular formula is C24H31N5O8P+. The van der Waals surface area contributed by atoms with Crippen LogP contribution in [-0.4, -0.2) is 72.1 Å². The van der Waals surface area contributed by atoms with Crippen LogP contribution in [0.4, 0.5) is 5.82 Å². The summed E-state index contributed by atoms with van der Waals surface area (Å²) in [4.78, 5) is 27.3. The molecule has 1 saturated heterocycles. The van der Waals surface area contributed by atoms with E-state index in [-0.39, 0.29) is 12.4 Å². The highest BCUT2D eigenvalue weighted by atomic mass is 31.1. The molecule has 4 rings (SSSR count). The lowest BCUT2D eigenvalue weighted by Gasteiger charge is -2.27. The van der Waals surface area contributed by atoms with E-state index in [0.717, 1.165) is 4.83 Å². The van der Waals surface area contributed by atoms with E-state index in [9.17, 15) is 19.6 Å². The molecule has 0 bridgehead atoms. The Balaban J connectivity index is 1.50. The van der Waals surface area contributed by atoms with E-state index in [0.29, 0.717) is 16.8 Å². The minimum absolute atomic E-state index is 0.257. The molecular weight excluding hydrogens is 517 g/mol. The standard InChI is InChI=1S/C24H31N5O8P/c1-14(2)35-22(31)15(3)29(37-16-8-6-5-7-9-16)38(33)34-12-18-19(30)24(4,32)23(36-18)28-11-10-17-20(25)26-13-27-21(17)28/h5-11,13-15,18-19,23,30,32H,12H2,1-4H3,(H2,25,26,27)/q+1/t15?,18-,19-,23-,24-/m1/s1. The van der Waals surface area contributed by atoms with E-state index >= 15 is 0 Å². The molecule has 0 spiro atoms. The number of nitrogens with zero attached hydrogens (tertiary/aromatic N) is 4. The number of hydrogen-bond acceptors (Lipinski definition) is 11. The first kappa shape index (κ1) is 27.8. The Morgan fingerprint density at radius 2 is 1.97 bits per heavy atom. The minimum Gasteiger partial charge on any atom is -0.462 e. The van der Waals surface area contributed by atoms with Crippen LogP contribution in [-0.2, 0) is 23.4 Å². The number of aliphatic hydroxyl groups is 2. The predicted molar refractivity (Wildman–Crippen MR) is 136 cm³/mol. The number of benzene rings is 1. The maximum atomic E-state index is 13.2. The normalized spacial score (nSPS) is 24.6. The summed E-state index contributed by atoms with van der Waals surface area (Å²) in [5.74, 6) is -0.0826. The molecule has 3 heterocycles. The van der Waals surface area contributed by atoms with Gasteiger partial charge in [-0.05, 0) is 50.5 Å². The molecule has 13 nitrogen and oxygen atoms in total. The number of aliphatic hydroxyl groups excluding tert-OH is 1. The first-order valence-electron chi connectivity index (χ1n) is 12.0. The maximum Gasteiger partial charge on any atom is 0.653 e. The number of anilines is 1. The molecule has 204 valence electrons. The molecule has 2 aromatic heterocycles. The van der Waals surface area contributed by atoms with Crippen molar-refractivity contribution in [2.45, 2.75) is 63.9 Å². The molecule has 1 aliphatic heterocycles. The van der Waals surface area contributed by atoms with Crippen LogP contribution in [0.5, 0.6) is 5.75 Å². The van der Waals surface area contributed by atoms with E-state index < -0.39 is 50.3 Å². The van der Waals surface area contributed by atoms with Crippen molar-refractivity contribution in [1.82, 2.24) is 19.4 Å². The predicted octanol–water partition coefficient (Wildman–Crippen LogP) is 2.33. The lowest BCUT2D eigenvalue weighted by atomic mass is 9.96. The molecule has 1 fully saturated rings. The number of esters is 1. The number of fused-ring (bicyclic) bond motifs is 1. The van der Waals surface area contributed by atoms with E-state index in [2.05, 4.69) is 9.97 Å². The average Bonchev–Trinajstić information content (AvgIpc) is 3.40. The molecule has 0 amide bonds. The summed E-state index contributed by atoms with van der Waals surface area (Å²) in [6.45, 7) is 5.88. The second-order valence-electron chi connectivity index (χ2n) is 9.32. The summed E-state index contributed by atoms with van der Waals surface area (Å²) in [7, 11) is -2.78. The summed E-state index contributed by atoms with van der Waals surface area (Å²) < 4.78 is 31.5. The molecule has 2 unspecified atom stereocenters. The minimum atomic E-state index is -2.78.